The van der Waals surface area contributed by atoms with Gasteiger partial charge in [0.05, 0.1) is 0 Å². The van der Waals surface area contributed by atoms with Crippen molar-refractivity contribution in [3.05, 3.63) is 39.3 Å². The number of aromatic nitrogens is 1. The highest BCUT2D eigenvalue weighted by atomic mass is 79.9. The van der Waals surface area contributed by atoms with Gasteiger partial charge in [-0.25, -0.2) is 9.18 Å². The zero-order valence-corrected chi connectivity index (χ0v) is 11.2. The zero-order chi connectivity index (χ0) is 13.4. The molecule has 0 atom stereocenters. The van der Waals surface area contributed by atoms with Gasteiger partial charge in [0, 0.05) is 16.1 Å². The Bertz CT molecular complexity index is 610. The molecule has 0 unspecified atom stereocenters. The van der Waals surface area contributed by atoms with E-state index in [0.717, 1.165) is 4.47 Å². The fourth-order valence-corrected chi connectivity index (χ4v) is 2.18. The quantitative estimate of drug-likeness (QED) is 0.920. The van der Waals surface area contributed by atoms with E-state index in [1.54, 1.807) is 19.9 Å². The molecule has 2 rings (SSSR count). The summed E-state index contributed by atoms with van der Waals surface area (Å²) in [6, 6.07) is 2.87. The summed E-state index contributed by atoms with van der Waals surface area (Å²) in [5, 5.41) is 12.4. The number of halogens is 2. The summed E-state index contributed by atoms with van der Waals surface area (Å²) in [4.78, 5) is 10.7. The lowest BCUT2D eigenvalue weighted by Crippen LogP contribution is -1.95. The van der Waals surface area contributed by atoms with E-state index < -0.39 is 11.8 Å². The Balaban J connectivity index is 2.66. The van der Waals surface area contributed by atoms with Gasteiger partial charge >= 0.3 is 5.97 Å². The van der Waals surface area contributed by atoms with Crippen LogP contribution in [-0.4, -0.2) is 16.2 Å². The number of hydrogen-bond donors (Lipinski definition) is 1. The van der Waals surface area contributed by atoms with Crippen LogP contribution in [0.25, 0.3) is 11.3 Å². The van der Waals surface area contributed by atoms with Crippen molar-refractivity contribution in [3.63, 3.8) is 0 Å². The average molecular weight is 314 g/mol. The fourth-order valence-electron chi connectivity index (χ4n) is 1.64. The molecule has 0 aliphatic carbocycles. The van der Waals surface area contributed by atoms with E-state index in [-0.39, 0.29) is 17.0 Å². The van der Waals surface area contributed by atoms with E-state index in [2.05, 4.69) is 25.6 Å². The van der Waals surface area contributed by atoms with Gasteiger partial charge in [0.25, 0.3) is 0 Å². The Hall–Kier alpha value is -1.69. The molecule has 6 heteroatoms. The maximum absolute atomic E-state index is 14.1. The third kappa shape index (κ3) is 2.03. The van der Waals surface area contributed by atoms with Gasteiger partial charge in [-0.1, -0.05) is 21.1 Å². The maximum Gasteiger partial charge on any atom is 0.374 e. The molecule has 0 aliphatic heterocycles. The Kier molecular flexibility index (Phi) is 3.21. The van der Waals surface area contributed by atoms with E-state index in [9.17, 15) is 9.18 Å². The van der Waals surface area contributed by atoms with Crippen LogP contribution in [0.4, 0.5) is 4.39 Å². The number of benzene rings is 1. The highest BCUT2D eigenvalue weighted by molar-refractivity contribution is 9.10. The van der Waals surface area contributed by atoms with Gasteiger partial charge in [0.2, 0.25) is 5.76 Å². The van der Waals surface area contributed by atoms with E-state index >= 15 is 0 Å². The lowest BCUT2D eigenvalue weighted by Gasteiger charge is -2.08. The predicted octanol–water partition coefficient (Wildman–Crippen LogP) is 3.56. The van der Waals surface area contributed by atoms with Gasteiger partial charge in [0.15, 0.2) is 0 Å². The molecule has 1 heterocycles. The molecule has 1 aromatic heterocycles. The van der Waals surface area contributed by atoms with Crippen molar-refractivity contribution in [2.45, 2.75) is 13.8 Å². The first-order valence-electron chi connectivity index (χ1n) is 5.07. The SMILES string of the molecule is Cc1cc(Br)c(C)c(-c2cc(C(=O)O)on2)c1F. The van der Waals surface area contributed by atoms with Gasteiger partial charge in [-0.05, 0) is 31.0 Å². The second kappa shape index (κ2) is 4.53. The summed E-state index contributed by atoms with van der Waals surface area (Å²) in [5.41, 5.74) is 1.51. The molecule has 4 nitrogen and oxygen atoms in total. The summed E-state index contributed by atoms with van der Waals surface area (Å²) in [5.74, 6) is -1.99. The van der Waals surface area contributed by atoms with Gasteiger partial charge in [-0.3, -0.25) is 0 Å². The standard InChI is InChI=1S/C12H9BrFNO3/c1-5-3-7(13)6(2)10(11(5)14)8-4-9(12(16)17)18-15-8/h3-4H,1-2H3,(H,16,17). The van der Waals surface area contributed by atoms with Crippen molar-refractivity contribution in [3.8, 4) is 11.3 Å². The van der Waals surface area contributed by atoms with E-state index in [0.29, 0.717) is 11.1 Å². The van der Waals surface area contributed by atoms with Crippen LogP contribution in [0.3, 0.4) is 0 Å². The lowest BCUT2D eigenvalue weighted by atomic mass is 10.0. The lowest BCUT2D eigenvalue weighted by molar-refractivity contribution is 0.0652. The van der Waals surface area contributed by atoms with Crippen molar-refractivity contribution in [1.82, 2.24) is 5.16 Å². The minimum Gasteiger partial charge on any atom is -0.475 e. The minimum absolute atomic E-state index is 0.173. The van der Waals surface area contributed by atoms with Crippen LogP contribution < -0.4 is 0 Å². The monoisotopic (exact) mass is 313 g/mol. The number of rotatable bonds is 2. The molecule has 0 saturated carbocycles. The molecule has 18 heavy (non-hydrogen) atoms. The molecule has 2 aromatic rings. The predicted molar refractivity (Wildman–Crippen MR) is 66.0 cm³/mol. The number of aryl methyl sites for hydroxylation is 1. The molecule has 0 bridgehead atoms. The molecule has 1 N–H and O–H groups in total. The molecule has 94 valence electrons. The first-order valence-corrected chi connectivity index (χ1v) is 5.86. The van der Waals surface area contributed by atoms with Crippen LogP contribution in [0, 0.1) is 19.7 Å². The van der Waals surface area contributed by atoms with Crippen LogP contribution in [0.15, 0.2) is 21.1 Å². The number of carbonyl (C=O) groups is 1. The molecule has 0 aliphatic rings. The third-order valence-corrected chi connectivity index (χ3v) is 3.44. The molecule has 0 radical (unpaired) electrons. The minimum atomic E-state index is -1.24. The highest BCUT2D eigenvalue weighted by Gasteiger charge is 2.19. The number of nitrogens with zero attached hydrogens (tertiary/aromatic N) is 1. The number of hydrogen-bond acceptors (Lipinski definition) is 3. The Morgan fingerprint density at radius 3 is 2.67 bits per heavy atom. The van der Waals surface area contributed by atoms with Gasteiger partial charge in [-0.2, -0.15) is 0 Å². The normalized spacial score (nSPS) is 10.7. The van der Waals surface area contributed by atoms with Crippen LogP contribution in [-0.2, 0) is 0 Å². The van der Waals surface area contributed by atoms with Crippen molar-refractivity contribution in [1.29, 1.82) is 0 Å². The Morgan fingerprint density at radius 1 is 1.44 bits per heavy atom. The van der Waals surface area contributed by atoms with Gasteiger partial charge in [-0.15, -0.1) is 0 Å². The molecule has 0 fully saturated rings. The fraction of sp³-hybridized carbons (Fsp3) is 0.167. The maximum atomic E-state index is 14.1. The van der Waals surface area contributed by atoms with Crippen LogP contribution in [0.5, 0.6) is 0 Å². The number of aromatic carboxylic acids is 1. The molecular formula is C12H9BrFNO3. The van der Waals surface area contributed by atoms with E-state index in [1.165, 1.54) is 6.07 Å². The summed E-state index contributed by atoms with van der Waals surface area (Å²) in [6.45, 7) is 3.35. The second-order valence-corrected chi connectivity index (χ2v) is 4.73. The molecule has 0 saturated heterocycles. The molecule has 0 amide bonds. The smallest absolute Gasteiger partial charge is 0.374 e. The Labute approximate surface area is 111 Å². The van der Waals surface area contributed by atoms with E-state index in [4.69, 9.17) is 5.11 Å². The molecule has 0 spiro atoms. The molecular weight excluding hydrogens is 305 g/mol. The topological polar surface area (TPSA) is 63.3 Å². The summed E-state index contributed by atoms with van der Waals surface area (Å²) in [6.07, 6.45) is 0. The largest absolute Gasteiger partial charge is 0.475 e. The summed E-state index contributed by atoms with van der Waals surface area (Å²) in [7, 11) is 0. The third-order valence-electron chi connectivity index (χ3n) is 2.62. The first kappa shape index (κ1) is 12.8. The summed E-state index contributed by atoms with van der Waals surface area (Å²) >= 11 is 3.32. The second-order valence-electron chi connectivity index (χ2n) is 3.87. The van der Waals surface area contributed by atoms with E-state index in [1.807, 2.05) is 0 Å². The van der Waals surface area contributed by atoms with Crippen molar-refractivity contribution < 1.29 is 18.8 Å². The first-order chi connectivity index (χ1) is 8.41. The van der Waals surface area contributed by atoms with Crippen LogP contribution >= 0.6 is 15.9 Å². The average Bonchev–Trinajstić information content (AvgIpc) is 2.76. The van der Waals surface area contributed by atoms with Crippen molar-refractivity contribution in [2.75, 3.05) is 0 Å². The van der Waals surface area contributed by atoms with Gasteiger partial charge in [0.1, 0.15) is 11.5 Å². The number of carboxylic acid groups (broad SMARTS) is 1. The van der Waals surface area contributed by atoms with Crippen molar-refractivity contribution >= 4 is 21.9 Å². The van der Waals surface area contributed by atoms with Crippen LogP contribution in [0.2, 0.25) is 0 Å². The van der Waals surface area contributed by atoms with Crippen molar-refractivity contribution in [2.24, 2.45) is 0 Å². The Morgan fingerprint density at radius 2 is 2.11 bits per heavy atom. The summed E-state index contributed by atoms with van der Waals surface area (Å²) < 4.78 is 19.5. The highest BCUT2D eigenvalue weighted by Crippen LogP contribution is 2.33. The molecule has 1 aromatic carbocycles. The zero-order valence-electron chi connectivity index (χ0n) is 9.62. The van der Waals surface area contributed by atoms with Crippen LogP contribution in [0.1, 0.15) is 21.7 Å². The number of carboxylic acids is 1. The van der Waals surface area contributed by atoms with Gasteiger partial charge < -0.3 is 9.63 Å².